The predicted molar refractivity (Wildman–Crippen MR) is 160 cm³/mol. The monoisotopic (exact) mass is 577 g/mol. The van der Waals surface area contributed by atoms with E-state index < -0.39 is 29.4 Å². The van der Waals surface area contributed by atoms with E-state index in [-0.39, 0.29) is 29.7 Å². The molecule has 43 heavy (non-hydrogen) atoms. The minimum Gasteiger partial charge on any atom is -0.367 e. The van der Waals surface area contributed by atoms with Gasteiger partial charge in [-0.15, -0.1) is 0 Å². The highest BCUT2D eigenvalue weighted by Crippen LogP contribution is 2.38. The van der Waals surface area contributed by atoms with Crippen molar-refractivity contribution < 1.29 is 18.0 Å². The van der Waals surface area contributed by atoms with Crippen molar-refractivity contribution >= 4 is 5.91 Å². The van der Waals surface area contributed by atoms with Gasteiger partial charge in [0.1, 0.15) is 17.5 Å². The molecule has 2 aliphatic rings. The number of rotatable bonds is 5. The number of halogens is 3. The van der Waals surface area contributed by atoms with Crippen LogP contribution in [0.1, 0.15) is 63.8 Å². The molecule has 3 heterocycles. The van der Waals surface area contributed by atoms with Gasteiger partial charge in [0, 0.05) is 41.1 Å². The molecule has 0 saturated carbocycles. The third-order valence-corrected chi connectivity index (χ3v) is 8.39. The lowest BCUT2D eigenvalue weighted by atomic mass is 9.88. The molecular weight excluding hydrogens is 547 g/mol. The molecule has 0 aliphatic carbocycles. The number of nitrogens with one attached hydrogen (secondary N) is 1. The average molecular weight is 578 g/mol. The summed E-state index contributed by atoms with van der Waals surface area (Å²) in [5, 5.41) is 0. The zero-order valence-electron chi connectivity index (χ0n) is 23.8. The van der Waals surface area contributed by atoms with Gasteiger partial charge in [-0.25, -0.2) is 13.2 Å². The van der Waals surface area contributed by atoms with Crippen LogP contribution in [-0.2, 0) is 6.54 Å². The molecule has 216 valence electrons. The number of benzene rings is 3. The summed E-state index contributed by atoms with van der Waals surface area (Å²) in [6.45, 7) is 2.05. The second-order valence-electron chi connectivity index (χ2n) is 11.2. The van der Waals surface area contributed by atoms with Crippen molar-refractivity contribution in [2.45, 2.75) is 37.8 Å². The Morgan fingerprint density at radius 1 is 0.930 bits per heavy atom. The quantitative estimate of drug-likeness (QED) is 0.258. The minimum atomic E-state index is -0.936. The molecule has 1 atom stereocenters. The number of amides is 1. The van der Waals surface area contributed by atoms with E-state index in [9.17, 15) is 13.6 Å². The lowest BCUT2D eigenvalue weighted by Crippen LogP contribution is -2.29. The Kier molecular flexibility index (Phi) is 8.09. The first kappa shape index (κ1) is 28.4. The van der Waals surface area contributed by atoms with E-state index >= 15 is 4.39 Å². The number of hydrogen-bond acceptors (Lipinski definition) is 2. The standard InChI is InChI=1S/C36H30F3N3O/c1-41-17-14-27(15-18-41)25-7-9-26(10-8-25)28-19-30-32(34(39)20-28)23-42(36(30)43)35(31-21-29(37)11-12-33(31)38)6-4-2-3-5-24-13-16-40-22-24/h7-13,16,19-22,27,35,40H,6,14-15,17-18,23H2,1H3. The van der Waals surface area contributed by atoms with Crippen molar-refractivity contribution in [1.29, 1.82) is 0 Å². The van der Waals surface area contributed by atoms with E-state index in [4.69, 9.17) is 0 Å². The molecule has 0 radical (unpaired) electrons. The van der Waals surface area contributed by atoms with Gasteiger partial charge in [0.25, 0.3) is 5.91 Å². The highest BCUT2D eigenvalue weighted by molar-refractivity contribution is 6.00. The number of aromatic amines is 1. The van der Waals surface area contributed by atoms with Gasteiger partial charge >= 0.3 is 0 Å². The van der Waals surface area contributed by atoms with Gasteiger partial charge in [0.15, 0.2) is 0 Å². The Hall–Kier alpha value is -4.72. The first-order valence-corrected chi connectivity index (χ1v) is 14.4. The third kappa shape index (κ3) is 6.09. The summed E-state index contributed by atoms with van der Waals surface area (Å²) in [4.78, 5) is 20.3. The summed E-state index contributed by atoms with van der Waals surface area (Å²) in [6, 6.07) is 15.2. The number of H-pyrrole nitrogens is 1. The maximum absolute atomic E-state index is 15.5. The maximum Gasteiger partial charge on any atom is 0.255 e. The SMILES string of the molecule is CN1CCC(c2ccc(-c3cc(F)c4c(c3)C(=O)N(C(CC#CC#Cc3cc[nH]c3)c3cc(F)ccc3F)C4)cc2)CC1. The van der Waals surface area contributed by atoms with Crippen LogP contribution >= 0.6 is 0 Å². The second-order valence-corrected chi connectivity index (χ2v) is 11.2. The lowest BCUT2D eigenvalue weighted by Gasteiger charge is -2.29. The number of hydrogen-bond donors (Lipinski definition) is 1. The van der Waals surface area contributed by atoms with Gasteiger partial charge in [-0.05, 0) is 104 Å². The van der Waals surface area contributed by atoms with Crippen LogP contribution in [0, 0.1) is 41.1 Å². The molecule has 0 spiro atoms. The molecule has 1 aromatic heterocycles. The predicted octanol–water partition coefficient (Wildman–Crippen LogP) is 7.05. The Morgan fingerprint density at radius 3 is 2.47 bits per heavy atom. The Labute approximate surface area is 249 Å². The summed E-state index contributed by atoms with van der Waals surface area (Å²) in [7, 11) is 2.13. The van der Waals surface area contributed by atoms with Gasteiger partial charge in [-0.3, -0.25) is 4.79 Å². The van der Waals surface area contributed by atoms with Crippen LogP contribution in [0.3, 0.4) is 0 Å². The zero-order valence-corrected chi connectivity index (χ0v) is 23.8. The molecule has 4 aromatic rings. The zero-order chi connectivity index (χ0) is 29.9. The van der Waals surface area contributed by atoms with Crippen LogP contribution in [0.4, 0.5) is 13.2 Å². The number of nitrogens with zero attached hydrogens (tertiary/aromatic N) is 2. The Balaban J connectivity index is 1.27. The van der Waals surface area contributed by atoms with Gasteiger partial charge in [-0.1, -0.05) is 36.1 Å². The van der Waals surface area contributed by atoms with Crippen LogP contribution < -0.4 is 0 Å². The topological polar surface area (TPSA) is 39.3 Å². The van der Waals surface area contributed by atoms with Crippen molar-refractivity contribution in [3.63, 3.8) is 0 Å². The van der Waals surface area contributed by atoms with E-state index in [1.807, 2.05) is 12.1 Å². The fraction of sp³-hybridized carbons (Fsp3) is 0.250. The largest absolute Gasteiger partial charge is 0.367 e. The van der Waals surface area contributed by atoms with Crippen LogP contribution in [-0.4, -0.2) is 40.8 Å². The number of fused-ring (bicyclic) bond motifs is 1. The first-order chi connectivity index (χ1) is 20.9. The summed E-state index contributed by atoms with van der Waals surface area (Å²) in [5.41, 5.74) is 3.86. The smallest absolute Gasteiger partial charge is 0.255 e. The van der Waals surface area contributed by atoms with Crippen molar-refractivity contribution in [1.82, 2.24) is 14.8 Å². The van der Waals surface area contributed by atoms with E-state index in [1.54, 1.807) is 24.5 Å². The maximum atomic E-state index is 15.5. The molecule has 2 aliphatic heterocycles. The first-order valence-electron chi connectivity index (χ1n) is 14.4. The molecule has 6 rings (SSSR count). The summed E-state index contributed by atoms with van der Waals surface area (Å²) < 4.78 is 44.7. The fourth-order valence-electron chi connectivity index (χ4n) is 5.95. The van der Waals surface area contributed by atoms with E-state index in [0.29, 0.717) is 11.5 Å². The van der Waals surface area contributed by atoms with Gasteiger partial charge in [0.2, 0.25) is 0 Å². The fourth-order valence-corrected chi connectivity index (χ4v) is 5.95. The van der Waals surface area contributed by atoms with E-state index in [0.717, 1.165) is 55.3 Å². The Morgan fingerprint density at radius 2 is 1.72 bits per heavy atom. The van der Waals surface area contributed by atoms with Crippen LogP contribution in [0.15, 0.2) is 73.1 Å². The van der Waals surface area contributed by atoms with Gasteiger partial charge in [-0.2, -0.15) is 0 Å². The van der Waals surface area contributed by atoms with Gasteiger partial charge in [0.05, 0.1) is 12.6 Å². The lowest BCUT2D eigenvalue weighted by molar-refractivity contribution is 0.0700. The highest BCUT2D eigenvalue weighted by atomic mass is 19.1. The third-order valence-electron chi connectivity index (χ3n) is 8.39. The number of piperidine rings is 1. The van der Waals surface area contributed by atoms with Crippen molar-refractivity contribution in [3.05, 3.63) is 118 Å². The number of likely N-dealkylation sites (tertiary alicyclic amines) is 1. The Bertz CT molecular complexity index is 1770. The summed E-state index contributed by atoms with van der Waals surface area (Å²) >= 11 is 0. The highest BCUT2D eigenvalue weighted by Gasteiger charge is 2.36. The molecule has 1 N–H and O–H groups in total. The molecule has 0 bridgehead atoms. The van der Waals surface area contributed by atoms with Crippen molar-refractivity contribution in [2.24, 2.45) is 0 Å². The van der Waals surface area contributed by atoms with Gasteiger partial charge < -0.3 is 14.8 Å². The molecule has 1 amide bonds. The molecule has 3 aromatic carbocycles. The number of aromatic nitrogens is 1. The molecule has 1 fully saturated rings. The van der Waals surface area contributed by atoms with Crippen molar-refractivity contribution in [3.8, 4) is 34.8 Å². The number of carbonyl (C=O) groups is 1. The number of carbonyl (C=O) groups excluding carboxylic acids is 1. The average Bonchev–Trinajstić information content (AvgIpc) is 3.65. The molecule has 4 nitrogen and oxygen atoms in total. The van der Waals surface area contributed by atoms with Crippen LogP contribution in [0.2, 0.25) is 0 Å². The summed E-state index contributed by atoms with van der Waals surface area (Å²) in [6.07, 6.45) is 5.67. The van der Waals surface area contributed by atoms with Crippen LogP contribution in [0.5, 0.6) is 0 Å². The van der Waals surface area contributed by atoms with E-state index in [2.05, 4.69) is 52.7 Å². The normalized spacial score (nSPS) is 15.8. The summed E-state index contributed by atoms with van der Waals surface area (Å²) in [5.74, 6) is 9.48. The minimum absolute atomic E-state index is 0.00514. The van der Waals surface area contributed by atoms with Crippen LogP contribution in [0.25, 0.3) is 11.1 Å². The molecule has 1 saturated heterocycles. The molecule has 1 unspecified atom stereocenters. The van der Waals surface area contributed by atoms with E-state index in [1.165, 1.54) is 16.5 Å². The molecule has 7 heteroatoms. The molecular formula is C36H30F3N3O. The second kappa shape index (κ2) is 12.3. The van der Waals surface area contributed by atoms with Crippen molar-refractivity contribution in [2.75, 3.05) is 20.1 Å².